The average molecular weight is 180 g/mol. The van der Waals surface area contributed by atoms with Crippen molar-refractivity contribution in [3.05, 3.63) is 0 Å². The van der Waals surface area contributed by atoms with Crippen LogP contribution in [0.5, 0.6) is 0 Å². The maximum absolute atomic E-state index is 11.3. The van der Waals surface area contributed by atoms with E-state index >= 15 is 0 Å². The van der Waals surface area contributed by atoms with Crippen LogP contribution in [0, 0.1) is 5.92 Å². The Morgan fingerprint density at radius 3 is 2.46 bits per heavy atom. The zero-order valence-electron chi connectivity index (χ0n) is 8.67. The molecule has 13 heavy (non-hydrogen) atoms. The largest absolute Gasteiger partial charge is 0.462 e. The number of carbonyl (C=O) groups is 1. The van der Waals surface area contributed by atoms with Crippen molar-refractivity contribution in [1.29, 1.82) is 0 Å². The molecule has 1 heterocycles. The normalized spacial score (nSPS) is 33.8. The summed E-state index contributed by atoms with van der Waals surface area (Å²) in [5.41, 5.74) is 0. The molecule has 0 aromatic rings. The van der Waals surface area contributed by atoms with Gasteiger partial charge in [0.25, 0.3) is 0 Å². The van der Waals surface area contributed by atoms with Crippen LogP contribution in [-0.2, 0) is 9.53 Å². The Labute approximate surface area is 81.4 Å². The van der Waals surface area contributed by atoms with Gasteiger partial charge in [0.05, 0.1) is 7.85 Å². The van der Waals surface area contributed by atoms with Gasteiger partial charge in [0.1, 0.15) is 6.10 Å². The predicted octanol–water partition coefficient (Wildman–Crippen LogP) is 2.09. The van der Waals surface area contributed by atoms with E-state index in [2.05, 4.69) is 13.8 Å². The summed E-state index contributed by atoms with van der Waals surface area (Å²) in [5, 5.41) is -0.757. The molecule has 0 aliphatic carbocycles. The first kappa shape index (κ1) is 10.6. The molecule has 0 amide bonds. The smallest absolute Gasteiger partial charge is 0.303 e. The van der Waals surface area contributed by atoms with Crippen LogP contribution in [0.3, 0.4) is 0 Å². The summed E-state index contributed by atoms with van der Waals surface area (Å²) in [6.45, 7) is 5.99. The number of carbonyl (C=O) groups excluding carboxylic acids is 1. The molecule has 0 bridgehead atoms. The number of ether oxygens (including phenoxy) is 1. The van der Waals surface area contributed by atoms with Gasteiger partial charge >= 0.3 is 5.97 Å². The Kier molecular flexibility index (Phi) is 3.04. The fraction of sp³-hybridized carbons (Fsp3) is 0.900. The average Bonchev–Trinajstić information content (AvgIpc) is 2.29. The number of cyclic esters (lactones) is 1. The van der Waals surface area contributed by atoms with Crippen LogP contribution in [0.15, 0.2) is 0 Å². The summed E-state index contributed by atoms with van der Waals surface area (Å²) in [4.78, 5) is 11.3. The van der Waals surface area contributed by atoms with E-state index in [1.807, 2.05) is 0 Å². The number of rotatable bonds is 3. The second-order valence-electron chi connectivity index (χ2n) is 4.14. The lowest BCUT2D eigenvalue weighted by Gasteiger charge is -2.19. The quantitative estimate of drug-likeness (QED) is 0.491. The van der Waals surface area contributed by atoms with Crippen molar-refractivity contribution in [2.24, 2.45) is 5.92 Å². The first-order valence-electron chi connectivity index (χ1n) is 5.01. The topological polar surface area (TPSA) is 26.3 Å². The lowest BCUT2D eigenvalue weighted by atomic mass is 9.67. The maximum Gasteiger partial charge on any atom is 0.303 e. The third kappa shape index (κ3) is 2.07. The van der Waals surface area contributed by atoms with E-state index in [4.69, 9.17) is 12.6 Å². The first-order chi connectivity index (χ1) is 6.01. The van der Waals surface area contributed by atoms with E-state index in [-0.39, 0.29) is 12.1 Å². The van der Waals surface area contributed by atoms with E-state index in [0.717, 1.165) is 12.8 Å². The Bertz CT molecular complexity index is 197. The van der Waals surface area contributed by atoms with Crippen LogP contribution in [0.25, 0.3) is 0 Å². The van der Waals surface area contributed by atoms with Crippen LogP contribution >= 0.6 is 0 Å². The Morgan fingerprint density at radius 1 is 1.62 bits per heavy atom. The van der Waals surface area contributed by atoms with Crippen molar-refractivity contribution in [2.45, 2.75) is 51.5 Å². The first-order valence-corrected chi connectivity index (χ1v) is 5.01. The minimum absolute atomic E-state index is 0.0394. The summed E-state index contributed by atoms with van der Waals surface area (Å²) < 4.78 is 5.26. The van der Waals surface area contributed by atoms with E-state index in [1.54, 1.807) is 6.92 Å². The van der Waals surface area contributed by atoms with Crippen LogP contribution < -0.4 is 0 Å². The second kappa shape index (κ2) is 3.73. The van der Waals surface area contributed by atoms with Gasteiger partial charge in [-0.1, -0.05) is 20.8 Å². The molecule has 2 unspecified atom stereocenters. The van der Waals surface area contributed by atoms with Crippen molar-refractivity contribution in [1.82, 2.24) is 0 Å². The molecule has 3 heteroatoms. The molecule has 1 fully saturated rings. The van der Waals surface area contributed by atoms with E-state index in [1.165, 1.54) is 0 Å². The molecule has 2 radical (unpaired) electrons. The molecule has 1 aliphatic rings. The maximum atomic E-state index is 11.3. The Balaban J connectivity index is 2.62. The van der Waals surface area contributed by atoms with Crippen molar-refractivity contribution >= 4 is 13.8 Å². The molecular weight excluding hydrogens is 163 g/mol. The fourth-order valence-electron chi connectivity index (χ4n) is 1.89. The van der Waals surface area contributed by atoms with Crippen molar-refractivity contribution in [3.8, 4) is 0 Å². The van der Waals surface area contributed by atoms with Crippen LogP contribution in [0.1, 0.15) is 40.0 Å². The number of hydrogen-bond donors (Lipinski definition) is 0. The molecule has 1 aliphatic heterocycles. The predicted molar refractivity (Wildman–Crippen MR) is 52.7 cm³/mol. The van der Waals surface area contributed by atoms with Crippen molar-refractivity contribution in [3.63, 3.8) is 0 Å². The van der Waals surface area contributed by atoms with Gasteiger partial charge in [0, 0.05) is 5.31 Å². The highest BCUT2D eigenvalue weighted by Crippen LogP contribution is 2.40. The van der Waals surface area contributed by atoms with Gasteiger partial charge in [0.2, 0.25) is 0 Å². The van der Waals surface area contributed by atoms with Gasteiger partial charge in [-0.05, 0) is 25.2 Å². The highest BCUT2D eigenvalue weighted by atomic mass is 16.6. The highest BCUT2D eigenvalue weighted by molar-refractivity contribution is 6.27. The third-order valence-corrected chi connectivity index (χ3v) is 2.92. The van der Waals surface area contributed by atoms with Crippen LogP contribution in [0.4, 0.5) is 0 Å². The fourth-order valence-corrected chi connectivity index (χ4v) is 1.89. The summed E-state index contributed by atoms with van der Waals surface area (Å²) in [6.07, 6.45) is 2.80. The molecule has 0 aromatic carbocycles. The second-order valence-corrected chi connectivity index (χ2v) is 4.14. The van der Waals surface area contributed by atoms with E-state index in [0.29, 0.717) is 12.3 Å². The molecule has 1 saturated heterocycles. The van der Waals surface area contributed by atoms with Gasteiger partial charge < -0.3 is 4.74 Å². The number of esters is 1. The lowest BCUT2D eigenvalue weighted by Crippen LogP contribution is -2.18. The standard InChI is InChI=1S/C10H17BO2/c1-4-7(5-2)8-6-10(3,11)9(12)13-8/h7-8H,4-6H2,1-3H3. The zero-order chi connectivity index (χ0) is 10.1. The minimum Gasteiger partial charge on any atom is -0.462 e. The summed E-state index contributed by atoms with van der Waals surface area (Å²) >= 11 is 0. The Hall–Kier alpha value is -0.465. The molecule has 0 saturated carbocycles. The zero-order valence-corrected chi connectivity index (χ0v) is 8.67. The van der Waals surface area contributed by atoms with Gasteiger partial charge in [-0.3, -0.25) is 4.79 Å². The van der Waals surface area contributed by atoms with Crippen LogP contribution in [-0.4, -0.2) is 19.9 Å². The molecule has 0 aromatic heterocycles. The van der Waals surface area contributed by atoms with Crippen LogP contribution in [0.2, 0.25) is 5.31 Å². The van der Waals surface area contributed by atoms with E-state index in [9.17, 15) is 4.79 Å². The van der Waals surface area contributed by atoms with Gasteiger partial charge in [-0.25, -0.2) is 0 Å². The molecule has 1 rings (SSSR count). The monoisotopic (exact) mass is 180 g/mol. The van der Waals surface area contributed by atoms with Gasteiger partial charge in [-0.15, -0.1) is 0 Å². The summed E-state index contributed by atoms with van der Waals surface area (Å²) in [7, 11) is 5.78. The summed E-state index contributed by atoms with van der Waals surface area (Å²) in [6, 6.07) is 0. The van der Waals surface area contributed by atoms with Crippen molar-refractivity contribution in [2.75, 3.05) is 0 Å². The molecule has 72 valence electrons. The summed E-state index contributed by atoms with van der Waals surface area (Å²) in [5.74, 6) is 0.221. The number of hydrogen-bond acceptors (Lipinski definition) is 2. The molecule has 0 N–H and O–H groups in total. The minimum atomic E-state index is -0.757. The SMILES string of the molecule is [B]C1(C)CC(C(CC)CC)OC1=O. The highest BCUT2D eigenvalue weighted by Gasteiger charge is 2.42. The van der Waals surface area contributed by atoms with Gasteiger partial charge in [-0.2, -0.15) is 0 Å². The van der Waals surface area contributed by atoms with Crippen molar-refractivity contribution < 1.29 is 9.53 Å². The molecular formula is C10H17BO2. The molecule has 0 spiro atoms. The molecule has 2 atom stereocenters. The lowest BCUT2D eigenvalue weighted by molar-refractivity contribution is -0.145. The van der Waals surface area contributed by atoms with Gasteiger partial charge in [0.15, 0.2) is 0 Å². The van der Waals surface area contributed by atoms with E-state index < -0.39 is 5.31 Å². The molecule has 2 nitrogen and oxygen atoms in total. The Morgan fingerprint density at radius 2 is 2.15 bits per heavy atom. The third-order valence-electron chi connectivity index (χ3n) is 2.92.